The van der Waals surface area contributed by atoms with Gasteiger partial charge in [-0.05, 0) is 19.3 Å². The van der Waals surface area contributed by atoms with Gasteiger partial charge < -0.3 is 9.84 Å². The van der Waals surface area contributed by atoms with E-state index in [2.05, 4.69) is 4.90 Å². The Labute approximate surface area is 84.8 Å². The lowest BCUT2D eigenvalue weighted by atomic mass is 10.3. The molecule has 4 nitrogen and oxygen atoms in total. The molecule has 0 aromatic rings. The lowest BCUT2D eigenvalue weighted by molar-refractivity contribution is -0.137. The van der Waals surface area contributed by atoms with Gasteiger partial charge in [-0.1, -0.05) is 0 Å². The lowest BCUT2D eigenvalue weighted by Crippen LogP contribution is -2.30. The van der Waals surface area contributed by atoms with Crippen LogP contribution < -0.4 is 0 Å². The molecular formula is C10H19NO3. The zero-order chi connectivity index (χ0) is 10.4. The zero-order valence-electron chi connectivity index (χ0n) is 8.74. The van der Waals surface area contributed by atoms with Crippen molar-refractivity contribution in [3.05, 3.63) is 0 Å². The molecule has 0 unspecified atom stereocenters. The molecule has 1 fully saturated rings. The third-order valence-electron chi connectivity index (χ3n) is 2.47. The van der Waals surface area contributed by atoms with Gasteiger partial charge in [0.1, 0.15) is 0 Å². The number of hydrogen-bond acceptors (Lipinski definition) is 3. The molecule has 82 valence electrons. The molecule has 0 saturated heterocycles. The second-order valence-electron chi connectivity index (χ2n) is 3.76. The minimum Gasteiger partial charge on any atom is -0.481 e. The number of aliphatic carboxylic acids is 1. The van der Waals surface area contributed by atoms with Gasteiger partial charge in [0.05, 0.1) is 6.42 Å². The van der Waals surface area contributed by atoms with Crippen molar-refractivity contribution in [1.82, 2.24) is 4.90 Å². The summed E-state index contributed by atoms with van der Waals surface area (Å²) in [6.07, 6.45) is 3.70. The molecule has 0 atom stereocenters. The van der Waals surface area contributed by atoms with Gasteiger partial charge in [-0.3, -0.25) is 9.69 Å². The van der Waals surface area contributed by atoms with E-state index in [1.807, 2.05) is 0 Å². The summed E-state index contributed by atoms with van der Waals surface area (Å²) < 4.78 is 4.97. The second kappa shape index (κ2) is 5.98. The molecular weight excluding hydrogens is 182 g/mol. The quantitative estimate of drug-likeness (QED) is 0.594. The molecule has 1 aliphatic rings. The first-order chi connectivity index (χ1) is 6.74. The van der Waals surface area contributed by atoms with Crippen molar-refractivity contribution in [1.29, 1.82) is 0 Å². The predicted octanol–water partition coefficient (Wildman–Crippen LogP) is 0.962. The second-order valence-corrected chi connectivity index (χ2v) is 3.76. The fourth-order valence-corrected chi connectivity index (χ4v) is 1.57. The van der Waals surface area contributed by atoms with Crippen LogP contribution >= 0.6 is 0 Å². The van der Waals surface area contributed by atoms with E-state index in [9.17, 15) is 4.79 Å². The van der Waals surface area contributed by atoms with E-state index in [-0.39, 0.29) is 6.42 Å². The van der Waals surface area contributed by atoms with Crippen molar-refractivity contribution in [2.75, 3.05) is 26.8 Å². The maximum Gasteiger partial charge on any atom is 0.304 e. The first-order valence-electron chi connectivity index (χ1n) is 5.19. The van der Waals surface area contributed by atoms with Crippen LogP contribution in [0.5, 0.6) is 0 Å². The molecule has 0 radical (unpaired) electrons. The molecule has 4 heteroatoms. The van der Waals surface area contributed by atoms with E-state index >= 15 is 0 Å². The standard InChI is InChI=1S/C10H19NO3/c1-14-8-2-6-11(9-3-4-9)7-5-10(12)13/h9H,2-8H2,1H3,(H,12,13). The Bertz CT molecular complexity index is 180. The molecule has 0 amide bonds. The summed E-state index contributed by atoms with van der Waals surface area (Å²) in [4.78, 5) is 12.7. The topological polar surface area (TPSA) is 49.8 Å². The Morgan fingerprint density at radius 1 is 1.50 bits per heavy atom. The third-order valence-corrected chi connectivity index (χ3v) is 2.47. The molecule has 1 aliphatic carbocycles. The average molecular weight is 201 g/mol. The Morgan fingerprint density at radius 3 is 2.71 bits per heavy atom. The van der Waals surface area contributed by atoms with Crippen molar-refractivity contribution in [2.45, 2.75) is 31.7 Å². The van der Waals surface area contributed by atoms with Crippen LogP contribution in [0.1, 0.15) is 25.7 Å². The summed E-state index contributed by atoms with van der Waals surface area (Å²) in [5.74, 6) is -0.706. The first-order valence-corrected chi connectivity index (χ1v) is 5.19. The van der Waals surface area contributed by atoms with Crippen molar-refractivity contribution in [3.63, 3.8) is 0 Å². The van der Waals surface area contributed by atoms with Crippen molar-refractivity contribution < 1.29 is 14.6 Å². The van der Waals surface area contributed by atoms with E-state index in [1.54, 1.807) is 7.11 Å². The van der Waals surface area contributed by atoms with Gasteiger partial charge in [0, 0.05) is 32.8 Å². The van der Waals surface area contributed by atoms with Crippen LogP contribution in [0.3, 0.4) is 0 Å². The summed E-state index contributed by atoms with van der Waals surface area (Å²) in [6.45, 7) is 2.41. The summed E-state index contributed by atoms with van der Waals surface area (Å²) in [7, 11) is 1.69. The number of carboxylic acid groups (broad SMARTS) is 1. The molecule has 0 aromatic carbocycles. The normalized spacial score (nSPS) is 16.1. The highest BCUT2D eigenvalue weighted by Crippen LogP contribution is 2.26. The molecule has 1 N–H and O–H groups in total. The first kappa shape index (κ1) is 11.5. The third kappa shape index (κ3) is 4.58. The predicted molar refractivity (Wildman–Crippen MR) is 53.3 cm³/mol. The van der Waals surface area contributed by atoms with Gasteiger partial charge in [0.25, 0.3) is 0 Å². The maximum absolute atomic E-state index is 10.4. The average Bonchev–Trinajstić information content (AvgIpc) is 2.94. The number of carbonyl (C=O) groups is 1. The van der Waals surface area contributed by atoms with E-state index in [1.165, 1.54) is 12.8 Å². The fraction of sp³-hybridized carbons (Fsp3) is 0.900. The van der Waals surface area contributed by atoms with Gasteiger partial charge in [-0.15, -0.1) is 0 Å². The van der Waals surface area contributed by atoms with Gasteiger partial charge in [0.2, 0.25) is 0 Å². The van der Waals surface area contributed by atoms with Gasteiger partial charge >= 0.3 is 5.97 Å². The van der Waals surface area contributed by atoms with E-state index < -0.39 is 5.97 Å². The number of methoxy groups -OCH3 is 1. The molecule has 14 heavy (non-hydrogen) atoms. The largest absolute Gasteiger partial charge is 0.481 e. The summed E-state index contributed by atoms with van der Waals surface area (Å²) in [5.41, 5.74) is 0. The van der Waals surface area contributed by atoms with Crippen LogP contribution in [-0.4, -0.2) is 48.8 Å². The molecule has 0 bridgehead atoms. The smallest absolute Gasteiger partial charge is 0.304 e. The van der Waals surface area contributed by atoms with Crippen molar-refractivity contribution >= 4 is 5.97 Å². The summed E-state index contributed by atoms with van der Waals surface area (Å²) in [6, 6.07) is 0.645. The Kier molecular flexibility index (Phi) is 4.90. The Hall–Kier alpha value is -0.610. The molecule has 1 rings (SSSR count). The summed E-state index contributed by atoms with van der Waals surface area (Å²) in [5, 5.41) is 8.58. The van der Waals surface area contributed by atoms with Crippen LogP contribution in [0.2, 0.25) is 0 Å². The monoisotopic (exact) mass is 201 g/mol. The zero-order valence-corrected chi connectivity index (χ0v) is 8.74. The van der Waals surface area contributed by atoms with Crippen LogP contribution in [0.4, 0.5) is 0 Å². The molecule has 1 saturated carbocycles. The molecule has 0 aromatic heterocycles. The van der Waals surface area contributed by atoms with Crippen LogP contribution in [-0.2, 0) is 9.53 Å². The van der Waals surface area contributed by atoms with Gasteiger partial charge in [0.15, 0.2) is 0 Å². The number of nitrogens with zero attached hydrogens (tertiary/aromatic N) is 1. The fourth-order valence-electron chi connectivity index (χ4n) is 1.57. The summed E-state index contributed by atoms with van der Waals surface area (Å²) >= 11 is 0. The van der Waals surface area contributed by atoms with Crippen LogP contribution in [0, 0.1) is 0 Å². The van der Waals surface area contributed by atoms with Crippen molar-refractivity contribution in [3.8, 4) is 0 Å². The maximum atomic E-state index is 10.4. The van der Waals surface area contributed by atoms with Crippen molar-refractivity contribution in [2.24, 2.45) is 0 Å². The molecule has 0 heterocycles. The Balaban J connectivity index is 2.14. The lowest BCUT2D eigenvalue weighted by Gasteiger charge is -2.20. The van der Waals surface area contributed by atoms with Gasteiger partial charge in [-0.25, -0.2) is 0 Å². The number of rotatable bonds is 8. The molecule has 0 aliphatic heterocycles. The van der Waals surface area contributed by atoms with Crippen LogP contribution in [0.15, 0.2) is 0 Å². The SMILES string of the molecule is COCCCN(CCC(=O)O)C1CC1. The Morgan fingerprint density at radius 2 is 2.21 bits per heavy atom. The highest BCUT2D eigenvalue weighted by molar-refractivity contribution is 5.66. The van der Waals surface area contributed by atoms with E-state index in [4.69, 9.17) is 9.84 Å². The minimum atomic E-state index is -0.706. The highest BCUT2D eigenvalue weighted by Gasteiger charge is 2.28. The highest BCUT2D eigenvalue weighted by atomic mass is 16.5. The number of hydrogen-bond donors (Lipinski definition) is 1. The number of carboxylic acids is 1. The van der Waals surface area contributed by atoms with E-state index in [0.29, 0.717) is 12.6 Å². The van der Waals surface area contributed by atoms with Crippen LogP contribution in [0.25, 0.3) is 0 Å². The van der Waals surface area contributed by atoms with E-state index in [0.717, 1.165) is 19.6 Å². The molecule has 0 spiro atoms. The number of ether oxygens (including phenoxy) is 1. The minimum absolute atomic E-state index is 0.253. The van der Waals surface area contributed by atoms with Gasteiger partial charge in [-0.2, -0.15) is 0 Å².